The minimum absolute atomic E-state index is 0.0314. The number of fused-ring (bicyclic) bond motifs is 1. The number of aliphatic hydroxyl groups is 1. The average molecular weight is 521 g/mol. The van der Waals surface area contributed by atoms with Crippen LogP contribution in [0.5, 0.6) is 11.5 Å². The molecule has 1 N–H and O–H groups in total. The van der Waals surface area contributed by atoms with Crippen molar-refractivity contribution < 1.29 is 24.2 Å². The Kier molecular flexibility index (Phi) is 6.38. The highest BCUT2D eigenvalue weighted by Gasteiger charge is 2.48. The van der Waals surface area contributed by atoms with Gasteiger partial charge < -0.3 is 14.6 Å². The normalized spacial score (nSPS) is 17.1. The van der Waals surface area contributed by atoms with Crippen molar-refractivity contribution in [3.63, 3.8) is 0 Å². The fourth-order valence-electron chi connectivity index (χ4n) is 4.18. The van der Waals surface area contributed by atoms with Crippen molar-refractivity contribution in [3.8, 4) is 11.5 Å². The summed E-state index contributed by atoms with van der Waals surface area (Å²) in [5.74, 6) is -0.701. The van der Waals surface area contributed by atoms with E-state index in [0.717, 1.165) is 4.70 Å². The summed E-state index contributed by atoms with van der Waals surface area (Å²) < 4.78 is 11.6. The Hall–Kier alpha value is -3.88. The van der Waals surface area contributed by atoms with E-state index in [4.69, 9.17) is 21.1 Å². The largest absolute Gasteiger partial charge is 0.507 e. The molecule has 0 radical (unpaired) electrons. The third-order valence-corrected chi connectivity index (χ3v) is 7.09. The molecule has 0 aliphatic carbocycles. The predicted molar refractivity (Wildman–Crippen MR) is 140 cm³/mol. The van der Waals surface area contributed by atoms with E-state index < -0.39 is 17.7 Å². The lowest BCUT2D eigenvalue weighted by atomic mass is 9.95. The van der Waals surface area contributed by atoms with E-state index >= 15 is 0 Å². The number of carbonyl (C=O) groups excluding carboxylic acids is 2. The Morgan fingerprint density at radius 2 is 1.86 bits per heavy atom. The first-order valence-corrected chi connectivity index (χ1v) is 12.3. The number of thiazole rings is 1. The monoisotopic (exact) mass is 520 g/mol. The van der Waals surface area contributed by atoms with Gasteiger partial charge in [0.2, 0.25) is 0 Å². The molecule has 36 heavy (non-hydrogen) atoms. The van der Waals surface area contributed by atoms with Gasteiger partial charge in [0.1, 0.15) is 17.3 Å². The van der Waals surface area contributed by atoms with Gasteiger partial charge in [0.05, 0.1) is 35.5 Å². The second kappa shape index (κ2) is 9.64. The molecule has 0 spiro atoms. The Balaban J connectivity index is 1.70. The molecule has 1 aliphatic heterocycles. The maximum atomic E-state index is 13.4. The number of ketones is 1. The van der Waals surface area contributed by atoms with Crippen LogP contribution in [0.4, 0.5) is 5.13 Å². The summed E-state index contributed by atoms with van der Waals surface area (Å²) in [5, 5.41) is 12.2. The maximum Gasteiger partial charge on any atom is 0.301 e. The summed E-state index contributed by atoms with van der Waals surface area (Å²) in [5.41, 5.74) is 1.61. The van der Waals surface area contributed by atoms with Crippen molar-refractivity contribution >= 4 is 55.7 Å². The third-order valence-electron chi connectivity index (χ3n) is 5.84. The molecular formula is C27H21ClN2O5S. The zero-order valence-corrected chi connectivity index (χ0v) is 21.0. The number of anilines is 1. The molecule has 0 saturated carbocycles. The number of rotatable bonds is 6. The highest BCUT2D eigenvalue weighted by Crippen LogP contribution is 2.45. The van der Waals surface area contributed by atoms with Crippen LogP contribution in [-0.4, -0.2) is 35.5 Å². The number of hydrogen-bond donors (Lipinski definition) is 1. The summed E-state index contributed by atoms with van der Waals surface area (Å²) in [4.78, 5) is 32.7. The average Bonchev–Trinajstić information content (AvgIpc) is 3.41. The summed E-state index contributed by atoms with van der Waals surface area (Å²) in [7, 11) is 1.55. The number of carbonyl (C=O) groups is 2. The third kappa shape index (κ3) is 4.19. The number of benzene rings is 3. The van der Waals surface area contributed by atoms with Crippen molar-refractivity contribution in [2.24, 2.45) is 0 Å². The van der Waals surface area contributed by atoms with Crippen LogP contribution < -0.4 is 14.4 Å². The van der Waals surface area contributed by atoms with Crippen LogP contribution in [0.3, 0.4) is 0 Å². The Morgan fingerprint density at radius 3 is 2.58 bits per heavy atom. The lowest BCUT2D eigenvalue weighted by Crippen LogP contribution is -2.29. The van der Waals surface area contributed by atoms with E-state index in [2.05, 4.69) is 4.98 Å². The number of nitrogens with zero attached hydrogens (tertiary/aromatic N) is 2. The summed E-state index contributed by atoms with van der Waals surface area (Å²) >= 11 is 7.39. The van der Waals surface area contributed by atoms with Gasteiger partial charge in [-0.05, 0) is 55.0 Å². The molecule has 1 saturated heterocycles. The Bertz CT molecular complexity index is 1510. The fourth-order valence-corrected chi connectivity index (χ4v) is 5.44. The van der Waals surface area contributed by atoms with Crippen molar-refractivity contribution in [2.45, 2.75) is 13.0 Å². The molecular weight excluding hydrogens is 500 g/mol. The second-order valence-electron chi connectivity index (χ2n) is 8.01. The topological polar surface area (TPSA) is 89.0 Å². The molecule has 5 rings (SSSR count). The second-order valence-corrected chi connectivity index (χ2v) is 9.46. The van der Waals surface area contributed by atoms with Gasteiger partial charge in [-0.2, -0.15) is 0 Å². The van der Waals surface area contributed by atoms with E-state index in [-0.39, 0.29) is 11.3 Å². The van der Waals surface area contributed by atoms with Crippen LogP contribution in [0.2, 0.25) is 5.02 Å². The number of aliphatic hydroxyl groups excluding tert-OH is 1. The van der Waals surface area contributed by atoms with Gasteiger partial charge in [-0.1, -0.05) is 47.2 Å². The summed E-state index contributed by atoms with van der Waals surface area (Å²) in [6.45, 7) is 2.30. The molecule has 2 heterocycles. The Labute approximate surface area is 216 Å². The summed E-state index contributed by atoms with van der Waals surface area (Å²) in [6.07, 6.45) is 0. The molecule has 1 unspecified atom stereocenters. The maximum absolute atomic E-state index is 13.4. The van der Waals surface area contributed by atoms with Gasteiger partial charge in [0.15, 0.2) is 5.13 Å². The molecule has 1 aromatic heterocycles. The molecule has 4 aromatic rings. The van der Waals surface area contributed by atoms with Crippen LogP contribution in [0.25, 0.3) is 16.0 Å². The highest BCUT2D eigenvalue weighted by atomic mass is 35.5. The van der Waals surface area contributed by atoms with Crippen molar-refractivity contribution in [3.05, 3.63) is 88.5 Å². The van der Waals surface area contributed by atoms with Crippen molar-refractivity contribution in [1.29, 1.82) is 0 Å². The minimum Gasteiger partial charge on any atom is -0.507 e. The molecule has 182 valence electrons. The van der Waals surface area contributed by atoms with E-state index in [0.29, 0.717) is 44.9 Å². The number of methoxy groups -OCH3 is 1. The number of Topliss-reactive ketones (excluding diaryl/α,β-unsaturated/α-hetero) is 1. The van der Waals surface area contributed by atoms with Gasteiger partial charge in [-0.25, -0.2) is 4.98 Å². The van der Waals surface area contributed by atoms with Crippen LogP contribution in [-0.2, 0) is 9.59 Å². The lowest BCUT2D eigenvalue weighted by molar-refractivity contribution is -0.132. The number of halogens is 1. The molecule has 1 amide bonds. The first kappa shape index (κ1) is 23.8. The first-order valence-electron chi connectivity index (χ1n) is 11.2. The number of amides is 1. The number of hydrogen-bond acceptors (Lipinski definition) is 7. The molecule has 7 nitrogen and oxygen atoms in total. The predicted octanol–water partition coefficient (Wildman–Crippen LogP) is 5.98. The molecule has 1 aliphatic rings. The summed E-state index contributed by atoms with van der Waals surface area (Å²) in [6, 6.07) is 18.1. The van der Waals surface area contributed by atoms with E-state index in [1.54, 1.807) is 73.8 Å². The zero-order chi connectivity index (χ0) is 25.4. The SMILES string of the molecule is CCOc1cccc(/C(O)=C2\C(=O)C(=O)N(c3nc4ccc(Cl)cc4s3)C2c2ccc(OC)cc2)c1. The highest BCUT2D eigenvalue weighted by molar-refractivity contribution is 7.22. The zero-order valence-electron chi connectivity index (χ0n) is 19.4. The number of aromatic nitrogens is 1. The minimum atomic E-state index is -0.900. The van der Waals surface area contributed by atoms with E-state index in [1.807, 2.05) is 6.92 Å². The standard InChI is InChI=1S/C27H21ClN2O5S/c1-3-35-19-6-4-5-16(13-19)24(31)22-23(15-7-10-18(34-2)11-8-15)30(26(33)25(22)32)27-29-20-12-9-17(28)14-21(20)36-27/h4-14,23,31H,3H2,1-2H3/b24-22+. The number of ether oxygens (including phenoxy) is 2. The van der Waals surface area contributed by atoms with E-state index in [1.165, 1.54) is 16.2 Å². The Morgan fingerprint density at radius 1 is 1.08 bits per heavy atom. The van der Waals surface area contributed by atoms with E-state index in [9.17, 15) is 14.7 Å². The van der Waals surface area contributed by atoms with Crippen LogP contribution in [0, 0.1) is 0 Å². The van der Waals surface area contributed by atoms with Crippen LogP contribution in [0.15, 0.2) is 72.3 Å². The van der Waals surface area contributed by atoms with Crippen molar-refractivity contribution in [2.75, 3.05) is 18.6 Å². The van der Waals surface area contributed by atoms with Crippen LogP contribution >= 0.6 is 22.9 Å². The van der Waals surface area contributed by atoms with Crippen LogP contribution in [0.1, 0.15) is 24.1 Å². The van der Waals surface area contributed by atoms with Gasteiger partial charge in [-0.15, -0.1) is 0 Å². The smallest absolute Gasteiger partial charge is 0.301 e. The van der Waals surface area contributed by atoms with Gasteiger partial charge in [0.25, 0.3) is 5.78 Å². The van der Waals surface area contributed by atoms with Crippen molar-refractivity contribution in [1.82, 2.24) is 4.98 Å². The fraction of sp³-hybridized carbons (Fsp3) is 0.148. The van der Waals surface area contributed by atoms with Gasteiger partial charge in [-0.3, -0.25) is 14.5 Å². The quantitative estimate of drug-likeness (QED) is 0.191. The molecule has 3 aromatic carbocycles. The van der Waals surface area contributed by atoms with Gasteiger partial charge in [0, 0.05) is 10.6 Å². The lowest BCUT2D eigenvalue weighted by Gasteiger charge is -2.23. The molecule has 9 heteroatoms. The molecule has 1 fully saturated rings. The molecule has 0 bridgehead atoms. The molecule has 1 atom stereocenters. The van der Waals surface area contributed by atoms with Gasteiger partial charge >= 0.3 is 5.91 Å². The first-order chi connectivity index (χ1) is 17.4.